The van der Waals surface area contributed by atoms with Gasteiger partial charge in [-0.25, -0.2) is 0 Å². The molecule has 5 heteroatoms. The maximum Gasteiger partial charge on any atom is 0.235 e. The third kappa shape index (κ3) is 3.98. The molecule has 88 valence electrons. The molecule has 0 saturated heterocycles. The molecule has 0 bridgehead atoms. The second-order valence-electron chi connectivity index (χ2n) is 3.61. The van der Waals surface area contributed by atoms with Crippen LogP contribution in [0.3, 0.4) is 0 Å². The highest BCUT2D eigenvalue weighted by Crippen LogP contribution is 2.03. The smallest absolute Gasteiger partial charge is 0.235 e. The van der Waals surface area contributed by atoms with Gasteiger partial charge < -0.3 is 21.9 Å². The molecule has 0 aliphatic rings. The van der Waals surface area contributed by atoms with Crippen molar-refractivity contribution in [2.24, 2.45) is 11.5 Å². The van der Waals surface area contributed by atoms with Crippen LogP contribution < -0.4 is 16.8 Å². The molecule has 1 aromatic rings. The molecular weight excluding hydrogens is 206 g/mol. The molecule has 5 nitrogen and oxygen atoms in total. The van der Waals surface area contributed by atoms with Gasteiger partial charge in [0.15, 0.2) is 0 Å². The number of carbonyl (C=O) groups excluding carboxylic acids is 1. The van der Waals surface area contributed by atoms with Gasteiger partial charge in [0, 0.05) is 13.1 Å². The van der Waals surface area contributed by atoms with Gasteiger partial charge >= 0.3 is 0 Å². The van der Waals surface area contributed by atoms with Crippen LogP contribution in [0, 0.1) is 0 Å². The van der Waals surface area contributed by atoms with Crippen molar-refractivity contribution in [3.8, 4) is 0 Å². The first kappa shape index (κ1) is 12.6. The summed E-state index contributed by atoms with van der Waals surface area (Å²) in [6.07, 6.45) is 0. The van der Waals surface area contributed by atoms with Crippen LogP contribution >= 0.6 is 0 Å². The fourth-order valence-electron chi connectivity index (χ4n) is 1.24. The van der Waals surface area contributed by atoms with E-state index in [2.05, 4.69) is 5.32 Å². The Morgan fingerprint density at radius 2 is 1.88 bits per heavy atom. The number of aliphatic hydroxyl groups is 1. The van der Waals surface area contributed by atoms with Crippen molar-refractivity contribution >= 4 is 5.91 Å². The van der Waals surface area contributed by atoms with Crippen LogP contribution in [-0.2, 0) is 17.9 Å². The first-order valence-electron chi connectivity index (χ1n) is 5.07. The fourth-order valence-corrected chi connectivity index (χ4v) is 1.24. The first-order chi connectivity index (χ1) is 7.63. The summed E-state index contributed by atoms with van der Waals surface area (Å²) in [5.41, 5.74) is 12.4. The predicted octanol–water partition coefficient (Wildman–Crippen LogP) is -0.919. The van der Waals surface area contributed by atoms with E-state index in [9.17, 15) is 4.79 Å². The maximum atomic E-state index is 10.7. The van der Waals surface area contributed by atoms with Gasteiger partial charge in [0.05, 0.1) is 12.6 Å². The summed E-state index contributed by atoms with van der Waals surface area (Å²) in [4.78, 5) is 10.7. The lowest BCUT2D eigenvalue weighted by Gasteiger charge is -2.09. The Morgan fingerprint density at radius 3 is 2.38 bits per heavy atom. The van der Waals surface area contributed by atoms with Crippen molar-refractivity contribution in [1.82, 2.24) is 5.32 Å². The van der Waals surface area contributed by atoms with E-state index in [0.29, 0.717) is 13.1 Å². The summed E-state index contributed by atoms with van der Waals surface area (Å²) in [7, 11) is 0. The molecule has 0 aromatic heterocycles. The van der Waals surface area contributed by atoms with Crippen molar-refractivity contribution in [3.63, 3.8) is 0 Å². The number of carbonyl (C=O) groups is 1. The maximum absolute atomic E-state index is 10.7. The highest BCUT2D eigenvalue weighted by Gasteiger charge is 2.07. The van der Waals surface area contributed by atoms with E-state index >= 15 is 0 Å². The largest absolute Gasteiger partial charge is 0.392 e. The monoisotopic (exact) mass is 223 g/mol. The summed E-state index contributed by atoms with van der Waals surface area (Å²) < 4.78 is 0. The van der Waals surface area contributed by atoms with Gasteiger partial charge in [-0.05, 0) is 11.1 Å². The number of hydrogen-bond donors (Lipinski definition) is 4. The van der Waals surface area contributed by atoms with Crippen LogP contribution in [0.4, 0.5) is 0 Å². The van der Waals surface area contributed by atoms with E-state index in [4.69, 9.17) is 16.6 Å². The van der Waals surface area contributed by atoms with Crippen molar-refractivity contribution < 1.29 is 9.90 Å². The number of nitrogens with one attached hydrogen (secondary N) is 1. The summed E-state index contributed by atoms with van der Waals surface area (Å²) in [6.45, 7) is 1.02. The zero-order valence-electron chi connectivity index (χ0n) is 9.02. The summed E-state index contributed by atoms with van der Waals surface area (Å²) in [6, 6.07) is 6.87. The molecule has 0 heterocycles. The number of aliphatic hydroxyl groups excluding tert-OH is 1. The molecule has 0 saturated carbocycles. The predicted molar refractivity (Wildman–Crippen MR) is 61.2 cm³/mol. The number of amides is 1. The second kappa shape index (κ2) is 6.22. The lowest BCUT2D eigenvalue weighted by atomic mass is 10.1. The standard InChI is InChI=1S/C11H17N3O2/c12-10(11(13)16)6-14-5-8-1-3-9(7-15)4-2-8/h1-4,10,14-15H,5-7,12H2,(H2,13,16). The van der Waals surface area contributed by atoms with Crippen molar-refractivity contribution in [3.05, 3.63) is 35.4 Å². The Hall–Kier alpha value is -1.43. The summed E-state index contributed by atoms with van der Waals surface area (Å²) >= 11 is 0. The number of hydrogen-bond acceptors (Lipinski definition) is 4. The molecule has 1 atom stereocenters. The van der Waals surface area contributed by atoms with Gasteiger partial charge in [0.1, 0.15) is 0 Å². The molecule has 0 aliphatic heterocycles. The van der Waals surface area contributed by atoms with Crippen LogP contribution in [-0.4, -0.2) is 23.6 Å². The molecule has 1 amide bonds. The molecule has 0 fully saturated rings. The van der Waals surface area contributed by atoms with Gasteiger partial charge in [0.2, 0.25) is 5.91 Å². The molecule has 1 aromatic carbocycles. The van der Waals surface area contributed by atoms with E-state index in [1.807, 2.05) is 24.3 Å². The van der Waals surface area contributed by atoms with E-state index in [1.165, 1.54) is 0 Å². The van der Waals surface area contributed by atoms with Gasteiger partial charge in [0.25, 0.3) is 0 Å². The lowest BCUT2D eigenvalue weighted by molar-refractivity contribution is -0.119. The number of nitrogens with two attached hydrogens (primary N) is 2. The minimum absolute atomic E-state index is 0.0419. The fraction of sp³-hybridized carbons (Fsp3) is 0.364. The molecule has 6 N–H and O–H groups in total. The van der Waals surface area contributed by atoms with Crippen LogP contribution in [0.25, 0.3) is 0 Å². The molecule has 0 aliphatic carbocycles. The highest BCUT2D eigenvalue weighted by atomic mass is 16.3. The Morgan fingerprint density at radius 1 is 1.31 bits per heavy atom. The van der Waals surface area contributed by atoms with Gasteiger partial charge in [-0.3, -0.25) is 4.79 Å². The molecule has 1 rings (SSSR count). The Kier molecular flexibility index (Phi) is 4.91. The van der Waals surface area contributed by atoms with E-state index in [-0.39, 0.29) is 6.61 Å². The van der Waals surface area contributed by atoms with E-state index in [0.717, 1.165) is 11.1 Å². The van der Waals surface area contributed by atoms with Gasteiger partial charge in [-0.2, -0.15) is 0 Å². The number of primary amides is 1. The third-order valence-electron chi connectivity index (χ3n) is 2.26. The van der Waals surface area contributed by atoms with Crippen LogP contribution in [0.2, 0.25) is 0 Å². The molecular formula is C11H17N3O2. The average Bonchev–Trinajstić information content (AvgIpc) is 2.29. The quantitative estimate of drug-likeness (QED) is 0.501. The Balaban J connectivity index is 2.34. The zero-order chi connectivity index (χ0) is 12.0. The topological polar surface area (TPSA) is 101 Å². The van der Waals surface area contributed by atoms with E-state index in [1.54, 1.807) is 0 Å². The Labute approximate surface area is 94.4 Å². The Bertz CT molecular complexity index is 338. The number of rotatable bonds is 6. The van der Waals surface area contributed by atoms with Crippen molar-refractivity contribution in [2.75, 3.05) is 6.54 Å². The molecule has 16 heavy (non-hydrogen) atoms. The SMILES string of the molecule is NC(=O)C(N)CNCc1ccc(CO)cc1. The van der Waals surface area contributed by atoms with Crippen LogP contribution in [0.5, 0.6) is 0 Å². The van der Waals surface area contributed by atoms with Crippen LogP contribution in [0.1, 0.15) is 11.1 Å². The third-order valence-corrected chi connectivity index (χ3v) is 2.26. The van der Waals surface area contributed by atoms with Crippen molar-refractivity contribution in [1.29, 1.82) is 0 Å². The average molecular weight is 223 g/mol. The van der Waals surface area contributed by atoms with E-state index < -0.39 is 11.9 Å². The first-order valence-corrected chi connectivity index (χ1v) is 5.07. The molecule has 0 radical (unpaired) electrons. The lowest BCUT2D eigenvalue weighted by Crippen LogP contribution is -2.44. The molecule has 1 unspecified atom stereocenters. The minimum Gasteiger partial charge on any atom is -0.392 e. The van der Waals surface area contributed by atoms with Gasteiger partial charge in [-0.15, -0.1) is 0 Å². The highest BCUT2D eigenvalue weighted by molar-refractivity contribution is 5.79. The summed E-state index contributed by atoms with van der Waals surface area (Å²) in [5, 5.41) is 11.9. The zero-order valence-corrected chi connectivity index (χ0v) is 9.02. The number of benzene rings is 1. The van der Waals surface area contributed by atoms with Gasteiger partial charge in [-0.1, -0.05) is 24.3 Å². The normalized spacial score (nSPS) is 12.4. The van der Waals surface area contributed by atoms with Crippen LogP contribution in [0.15, 0.2) is 24.3 Å². The minimum atomic E-state index is -0.656. The van der Waals surface area contributed by atoms with Crippen molar-refractivity contribution in [2.45, 2.75) is 19.2 Å². The second-order valence-corrected chi connectivity index (χ2v) is 3.61. The molecule has 0 spiro atoms. The summed E-state index contributed by atoms with van der Waals surface area (Å²) in [5.74, 6) is -0.511.